The molecule has 0 unspecified atom stereocenters. The minimum absolute atomic E-state index is 0.00188. The molecular weight excluding hydrogens is 285 g/mol. The van der Waals surface area contributed by atoms with Gasteiger partial charge in [0.05, 0.1) is 10.6 Å². The predicted molar refractivity (Wildman–Crippen MR) is 78.6 cm³/mol. The Labute approximate surface area is 120 Å². The lowest BCUT2D eigenvalue weighted by molar-refractivity contribution is 0.441. The van der Waals surface area contributed by atoms with Gasteiger partial charge in [-0.15, -0.1) is 0 Å². The summed E-state index contributed by atoms with van der Waals surface area (Å²) in [4.78, 5) is 0.192. The highest BCUT2D eigenvalue weighted by molar-refractivity contribution is 7.80. The van der Waals surface area contributed by atoms with E-state index in [1.165, 1.54) is 12.1 Å². The van der Waals surface area contributed by atoms with Gasteiger partial charge in [0.1, 0.15) is 10.7 Å². The van der Waals surface area contributed by atoms with Crippen LogP contribution in [0.4, 0.5) is 4.39 Å². The lowest BCUT2D eigenvalue weighted by Crippen LogP contribution is -2.11. The van der Waals surface area contributed by atoms with Gasteiger partial charge in [-0.05, 0) is 36.8 Å². The maximum Gasteiger partial charge on any atom is 0.184 e. The summed E-state index contributed by atoms with van der Waals surface area (Å²) in [6.45, 7) is 1.89. The Morgan fingerprint density at radius 1 is 1.26 bits per heavy atom. The molecule has 0 aliphatic carbocycles. The summed E-state index contributed by atoms with van der Waals surface area (Å²) in [6.07, 6.45) is 0. The van der Waals surface area contributed by atoms with Gasteiger partial charge < -0.3 is 10.5 Å². The molecule has 0 aromatic heterocycles. The number of hydrogen-bond donors (Lipinski definition) is 1. The van der Waals surface area contributed by atoms with Gasteiger partial charge >= 0.3 is 0 Å². The molecule has 19 heavy (non-hydrogen) atoms. The van der Waals surface area contributed by atoms with E-state index in [0.29, 0.717) is 11.3 Å². The van der Waals surface area contributed by atoms with E-state index in [9.17, 15) is 4.39 Å². The molecule has 0 aliphatic rings. The molecule has 5 heteroatoms. The van der Waals surface area contributed by atoms with Crippen molar-refractivity contribution in [1.29, 1.82) is 0 Å². The first kappa shape index (κ1) is 13.8. The Hall–Kier alpha value is -1.65. The minimum Gasteiger partial charge on any atom is -0.453 e. The first-order chi connectivity index (χ1) is 8.99. The topological polar surface area (TPSA) is 35.2 Å². The van der Waals surface area contributed by atoms with E-state index in [4.69, 9.17) is 34.3 Å². The number of nitrogens with two attached hydrogens (primary N) is 1. The molecule has 2 aromatic carbocycles. The van der Waals surface area contributed by atoms with Crippen LogP contribution < -0.4 is 10.5 Å². The summed E-state index contributed by atoms with van der Waals surface area (Å²) in [5.41, 5.74) is 7.13. The third kappa shape index (κ3) is 3.03. The molecule has 0 amide bonds. The quantitative estimate of drug-likeness (QED) is 0.861. The molecule has 0 heterocycles. The maximum absolute atomic E-state index is 13.8. The van der Waals surface area contributed by atoms with Crippen molar-refractivity contribution in [3.8, 4) is 11.5 Å². The van der Waals surface area contributed by atoms with Crippen LogP contribution in [-0.2, 0) is 0 Å². The highest BCUT2D eigenvalue weighted by atomic mass is 35.5. The molecule has 0 bridgehead atoms. The summed E-state index contributed by atoms with van der Waals surface area (Å²) in [5, 5.41) is 0.00188. The molecule has 2 N–H and O–H groups in total. The number of thiocarbonyl (C=S) groups is 1. The number of rotatable bonds is 3. The summed E-state index contributed by atoms with van der Waals surface area (Å²) in [6, 6.07) is 9.90. The minimum atomic E-state index is -0.612. The van der Waals surface area contributed by atoms with Crippen LogP contribution in [-0.4, -0.2) is 4.99 Å². The van der Waals surface area contributed by atoms with E-state index < -0.39 is 5.82 Å². The summed E-state index contributed by atoms with van der Waals surface area (Å²) in [7, 11) is 0. The van der Waals surface area contributed by atoms with Gasteiger partial charge in [-0.3, -0.25) is 0 Å². The molecule has 0 fully saturated rings. The van der Waals surface area contributed by atoms with E-state index in [-0.39, 0.29) is 15.8 Å². The van der Waals surface area contributed by atoms with E-state index in [0.717, 1.165) is 5.56 Å². The lowest BCUT2D eigenvalue weighted by Gasteiger charge is -2.12. The zero-order chi connectivity index (χ0) is 14.0. The smallest absolute Gasteiger partial charge is 0.184 e. The third-order valence-electron chi connectivity index (χ3n) is 2.54. The van der Waals surface area contributed by atoms with Gasteiger partial charge in [0.25, 0.3) is 0 Å². The SMILES string of the molecule is Cc1ccc(C(N)=S)c(Oc2cccc(Cl)c2F)c1. The highest BCUT2D eigenvalue weighted by Gasteiger charge is 2.12. The van der Waals surface area contributed by atoms with Crippen LogP contribution in [0.3, 0.4) is 0 Å². The molecule has 0 saturated carbocycles. The summed E-state index contributed by atoms with van der Waals surface area (Å²) in [5.74, 6) is -0.163. The van der Waals surface area contributed by atoms with Crippen LogP contribution >= 0.6 is 23.8 Å². The number of ether oxygens (including phenoxy) is 1. The van der Waals surface area contributed by atoms with E-state index in [1.54, 1.807) is 18.2 Å². The van der Waals surface area contributed by atoms with E-state index >= 15 is 0 Å². The number of aryl methyl sites for hydroxylation is 1. The Kier molecular flexibility index (Phi) is 4.02. The average molecular weight is 296 g/mol. The molecule has 2 nitrogen and oxygen atoms in total. The van der Waals surface area contributed by atoms with Crippen molar-refractivity contribution in [2.24, 2.45) is 5.73 Å². The molecule has 2 rings (SSSR count). The number of benzene rings is 2. The molecule has 0 spiro atoms. The monoisotopic (exact) mass is 295 g/mol. The van der Waals surface area contributed by atoms with Gasteiger partial charge in [0.15, 0.2) is 11.6 Å². The summed E-state index contributed by atoms with van der Waals surface area (Å²) < 4.78 is 19.3. The average Bonchev–Trinajstić information content (AvgIpc) is 2.35. The van der Waals surface area contributed by atoms with E-state index in [2.05, 4.69) is 0 Å². The second kappa shape index (κ2) is 5.55. The lowest BCUT2D eigenvalue weighted by atomic mass is 10.1. The van der Waals surface area contributed by atoms with E-state index in [1.807, 2.05) is 13.0 Å². The second-order valence-corrected chi connectivity index (χ2v) is 4.86. The molecule has 0 aliphatic heterocycles. The van der Waals surface area contributed by atoms with Crippen molar-refractivity contribution in [2.75, 3.05) is 0 Å². The zero-order valence-corrected chi connectivity index (χ0v) is 11.7. The molecule has 98 valence electrons. The predicted octanol–water partition coefficient (Wildman–Crippen LogP) is 4.21. The van der Waals surface area contributed by atoms with Crippen LogP contribution in [0.1, 0.15) is 11.1 Å². The maximum atomic E-state index is 13.8. The normalized spacial score (nSPS) is 10.3. The largest absolute Gasteiger partial charge is 0.453 e. The van der Waals surface area contributed by atoms with Crippen LogP contribution in [0.2, 0.25) is 5.02 Å². The van der Waals surface area contributed by atoms with Gasteiger partial charge in [-0.1, -0.05) is 36.0 Å². The fourth-order valence-electron chi connectivity index (χ4n) is 1.60. The van der Waals surface area contributed by atoms with Gasteiger partial charge in [-0.25, -0.2) is 4.39 Å². The standard InChI is InChI=1S/C14H11ClFNOS/c1-8-5-6-9(14(17)19)12(7-8)18-11-4-2-3-10(15)13(11)16/h2-7H,1H3,(H2,17,19). The van der Waals surface area contributed by atoms with Crippen molar-refractivity contribution >= 4 is 28.8 Å². The molecule has 0 radical (unpaired) electrons. The van der Waals surface area contributed by atoms with Crippen LogP contribution in [0.15, 0.2) is 36.4 Å². The van der Waals surface area contributed by atoms with Crippen molar-refractivity contribution < 1.29 is 9.13 Å². The second-order valence-electron chi connectivity index (χ2n) is 4.02. The van der Waals surface area contributed by atoms with Crippen LogP contribution in [0.5, 0.6) is 11.5 Å². The molecule has 0 atom stereocenters. The van der Waals surface area contributed by atoms with Gasteiger partial charge in [0.2, 0.25) is 0 Å². The Balaban J connectivity index is 2.45. The molecule has 2 aromatic rings. The van der Waals surface area contributed by atoms with Crippen molar-refractivity contribution in [3.63, 3.8) is 0 Å². The van der Waals surface area contributed by atoms with Crippen molar-refractivity contribution in [1.82, 2.24) is 0 Å². The summed E-state index contributed by atoms with van der Waals surface area (Å²) >= 11 is 10.7. The Morgan fingerprint density at radius 3 is 2.68 bits per heavy atom. The first-order valence-corrected chi connectivity index (χ1v) is 6.30. The van der Waals surface area contributed by atoms with Crippen molar-refractivity contribution in [2.45, 2.75) is 6.92 Å². The van der Waals surface area contributed by atoms with Crippen LogP contribution in [0.25, 0.3) is 0 Å². The zero-order valence-electron chi connectivity index (χ0n) is 10.1. The van der Waals surface area contributed by atoms with Gasteiger partial charge in [0, 0.05) is 0 Å². The molecular formula is C14H11ClFNOS. The highest BCUT2D eigenvalue weighted by Crippen LogP contribution is 2.31. The van der Waals surface area contributed by atoms with Crippen molar-refractivity contribution in [3.05, 3.63) is 58.4 Å². The third-order valence-corrected chi connectivity index (χ3v) is 3.05. The Morgan fingerprint density at radius 2 is 2.00 bits per heavy atom. The number of hydrogen-bond acceptors (Lipinski definition) is 2. The van der Waals surface area contributed by atoms with Gasteiger partial charge in [-0.2, -0.15) is 0 Å². The number of halogens is 2. The Bertz CT molecular complexity index is 645. The fraction of sp³-hybridized carbons (Fsp3) is 0.0714. The molecule has 0 saturated heterocycles. The first-order valence-electron chi connectivity index (χ1n) is 5.51. The van der Waals surface area contributed by atoms with Crippen LogP contribution in [0, 0.1) is 12.7 Å². The fourth-order valence-corrected chi connectivity index (χ4v) is 1.93.